The Morgan fingerprint density at radius 1 is 1.20 bits per heavy atom. The molecule has 0 fully saturated rings. The summed E-state index contributed by atoms with van der Waals surface area (Å²) in [5.74, 6) is 0.354. The Morgan fingerprint density at radius 2 is 1.95 bits per heavy atom. The Balaban J connectivity index is 2.31. The highest BCUT2D eigenvalue weighted by Crippen LogP contribution is 2.25. The molecule has 104 valence electrons. The van der Waals surface area contributed by atoms with Crippen LogP contribution in [0, 0.1) is 10.1 Å². The van der Waals surface area contributed by atoms with Crippen molar-refractivity contribution in [3.63, 3.8) is 0 Å². The minimum Gasteiger partial charge on any atom is -0.345 e. The first-order valence-corrected chi connectivity index (χ1v) is 6.30. The highest BCUT2D eigenvalue weighted by Gasteiger charge is 2.20. The molecular weight excluding hydrogens is 256 g/mol. The van der Waals surface area contributed by atoms with Crippen LogP contribution in [0.3, 0.4) is 0 Å². The standard InChI is InChI=1S/C14H16N4O2/c15-8-10-17(11-12-5-2-1-3-6-12)14-13(18(19)20)7-4-9-16-14/h1-7,9H,8,10-11,15H2. The third kappa shape index (κ3) is 3.30. The van der Waals surface area contributed by atoms with Gasteiger partial charge >= 0.3 is 5.69 Å². The van der Waals surface area contributed by atoms with E-state index in [0.717, 1.165) is 5.56 Å². The van der Waals surface area contributed by atoms with Crippen molar-refractivity contribution in [1.29, 1.82) is 0 Å². The molecule has 0 aliphatic rings. The van der Waals surface area contributed by atoms with Gasteiger partial charge in [0, 0.05) is 31.9 Å². The number of rotatable bonds is 6. The normalized spacial score (nSPS) is 10.2. The summed E-state index contributed by atoms with van der Waals surface area (Å²) < 4.78 is 0. The van der Waals surface area contributed by atoms with E-state index in [9.17, 15) is 10.1 Å². The van der Waals surface area contributed by atoms with E-state index in [1.54, 1.807) is 12.3 Å². The van der Waals surface area contributed by atoms with Crippen LogP contribution >= 0.6 is 0 Å². The van der Waals surface area contributed by atoms with E-state index >= 15 is 0 Å². The van der Waals surface area contributed by atoms with Gasteiger partial charge in [-0.2, -0.15) is 0 Å². The Hall–Kier alpha value is -2.47. The highest BCUT2D eigenvalue weighted by molar-refractivity contribution is 5.57. The molecule has 1 heterocycles. The molecule has 1 aromatic carbocycles. The number of pyridine rings is 1. The molecule has 0 aliphatic heterocycles. The Bertz CT molecular complexity index is 574. The summed E-state index contributed by atoms with van der Waals surface area (Å²) in [5, 5.41) is 11.1. The second kappa shape index (κ2) is 6.63. The third-order valence-corrected chi connectivity index (χ3v) is 2.88. The van der Waals surface area contributed by atoms with Crippen LogP contribution in [-0.4, -0.2) is 23.0 Å². The maximum atomic E-state index is 11.1. The number of anilines is 1. The minimum absolute atomic E-state index is 0.00289. The first-order chi connectivity index (χ1) is 9.72. The molecule has 0 saturated heterocycles. The SMILES string of the molecule is NCCN(Cc1ccccc1)c1ncccc1[N+](=O)[O-]. The Labute approximate surface area is 117 Å². The lowest BCUT2D eigenvalue weighted by Crippen LogP contribution is -2.30. The van der Waals surface area contributed by atoms with Crippen LogP contribution in [0.1, 0.15) is 5.56 Å². The van der Waals surface area contributed by atoms with E-state index in [1.807, 2.05) is 35.2 Å². The first-order valence-electron chi connectivity index (χ1n) is 6.30. The van der Waals surface area contributed by atoms with Crippen molar-refractivity contribution >= 4 is 11.5 Å². The van der Waals surface area contributed by atoms with Crippen LogP contribution in [0.4, 0.5) is 11.5 Å². The van der Waals surface area contributed by atoms with Gasteiger partial charge in [-0.1, -0.05) is 30.3 Å². The van der Waals surface area contributed by atoms with Gasteiger partial charge in [0.25, 0.3) is 0 Å². The predicted molar refractivity (Wildman–Crippen MR) is 77.4 cm³/mol. The van der Waals surface area contributed by atoms with Gasteiger partial charge in [0.1, 0.15) is 0 Å². The van der Waals surface area contributed by atoms with Gasteiger partial charge in [0.05, 0.1) is 4.92 Å². The lowest BCUT2D eigenvalue weighted by molar-refractivity contribution is -0.384. The summed E-state index contributed by atoms with van der Waals surface area (Å²) in [5.41, 5.74) is 6.66. The smallest absolute Gasteiger partial charge is 0.311 e. The summed E-state index contributed by atoms with van der Waals surface area (Å²) in [6, 6.07) is 12.8. The van der Waals surface area contributed by atoms with E-state index in [0.29, 0.717) is 25.5 Å². The average molecular weight is 272 g/mol. The topological polar surface area (TPSA) is 85.3 Å². The van der Waals surface area contributed by atoms with Crippen LogP contribution in [0.5, 0.6) is 0 Å². The molecule has 0 radical (unpaired) electrons. The highest BCUT2D eigenvalue weighted by atomic mass is 16.6. The van der Waals surface area contributed by atoms with Crippen LogP contribution < -0.4 is 10.6 Å². The van der Waals surface area contributed by atoms with Crippen molar-refractivity contribution in [2.75, 3.05) is 18.0 Å². The molecule has 2 rings (SSSR count). The monoisotopic (exact) mass is 272 g/mol. The van der Waals surface area contributed by atoms with Crippen molar-refractivity contribution in [3.8, 4) is 0 Å². The van der Waals surface area contributed by atoms with Crippen LogP contribution in [-0.2, 0) is 6.54 Å². The number of aromatic nitrogens is 1. The lowest BCUT2D eigenvalue weighted by Gasteiger charge is -2.22. The maximum Gasteiger partial charge on any atom is 0.311 e. The van der Waals surface area contributed by atoms with Crippen molar-refractivity contribution in [1.82, 2.24) is 4.98 Å². The molecule has 0 atom stereocenters. The predicted octanol–water partition coefficient (Wildman–Crippen LogP) is 1.96. The molecule has 0 saturated carbocycles. The summed E-state index contributed by atoms with van der Waals surface area (Å²) in [6.45, 7) is 1.45. The van der Waals surface area contributed by atoms with Gasteiger partial charge in [-0.05, 0) is 11.6 Å². The molecule has 20 heavy (non-hydrogen) atoms. The van der Waals surface area contributed by atoms with Crippen molar-refractivity contribution in [3.05, 3.63) is 64.3 Å². The number of hydrogen-bond acceptors (Lipinski definition) is 5. The second-order valence-corrected chi connectivity index (χ2v) is 4.30. The zero-order valence-electron chi connectivity index (χ0n) is 11.0. The fourth-order valence-corrected chi connectivity index (χ4v) is 1.99. The van der Waals surface area contributed by atoms with E-state index in [1.165, 1.54) is 6.07 Å². The van der Waals surface area contributed by atoms with Gasteiger partial charge in [0.15, 0.2) is 0 Å². The van der Waals surface area contributed by atoms with Gasteiger partial charge in [-0.15, -0.1) is 0 Å². The van der Waals surface area contributed by atoms with Crippen molar-refractivity contribution in [2.24, 2.45) is 5.73 Å². The molecule has 1 aromatic heterocycles. The fraction of sp³-hybridized carbons (Fsp3) is 0.214. The number of nitro groups is 1. The van der Waals surface area contributed by atoms with Crippen LogP contribution in [0.15, 0.2) is 48.7 Å². The molecule has 2 N–H and O–H groups in total. The van der Waals surface area contributed by atoms with Crippen molar-refractivity contribution in [2.45, 2.75) is 6.54 Å². The molecule has 6 heteroatoms. The number of nitrogens with two attached hydrogens (primary N) is 1. The molecule has 0 spiro atoms. The maximum absolute atomic E-state index is 11.1. The van der Waals surface area contributed by atoms with E-state index in [2.05, 4.69) is 4.98 Å². The minimum atomic E-state index is -0.420. The van der Waals surface area contributed by atoms with E-state index in [4.69, 9.17) is 5.73 Å². The molecule has 0 bridgehead atoms. The third-order valence-electron chi connectivity index (χ3n) is 2.88. The fourth-order valence-electron chi connectivity index (χ4n) is 1.99. The quantitative estimate of drug-likeness (QED) is 0.641. The van der Waals surface area contributed by atoms with Crippen LogP contribution in [0.25, 0.3) is 0 Å². The summed E-state index contributed by atoms with van der Waals surface area (Å²) in [4.78, 5) is 16.6. The van der Waals surface area contributed by atoms with Gasteiger partial charge in [-0.25, -0.2) is 4.98 Å². The largest absolute Gasteiger partial charge is 0.345 e. The van der Waals surface area contributed by atoms with Crippen molar-refractivity contribution < 1.29 is 4.92 Å². The van der Waals surface area contributed by atoms with E-state index < -0.39 is 4.92 Å². The molecular formula is C14H16N4O2. The Kier molecular flexibility index (Phi) is 4.62. The zero-order valence-corrected chi connectivity index (χ0v) is 11.0. The van der Waals surface area contributed by atoms with Gasteiger partial charge in [0.2, 0.25) is 5.82 Å². The summed E-state index contributed by atoms with van der Waals surface area (Å²) in [7, 11) is 0. The van der Waals surface area contributed by atoms with E-state index in [-0.39, 0.29) is 5.69 Å². The lowest BCUT2D eigenvalue weighted by atomic mass is 10.2. The zero-order chi connectivity index (χ0) is 14.4. The molecule has 0 unspecified atom stereocenters. The molecule has 0 amide bonds. The van der Waals surface area contributed by atoms with Crippen LogP contribution in [0.2, 0.25) is 0 Å². The number of hydrogen-bond donors (Lipinski definition) is 1. The molecule has 2 aromatic rings. The average Bonchev–Trinajstić information content (AvgIpc) is 2.48. The second-order valence-electron chi connectivity index (χ2n) is 4.30. The molecule has 6 nitrogen and oxygen atoms in total. The number of nitrogens with zero attached hydrogens (tertiary/aromatic N) is 3. The number of benzene rings is 1. The summed E-state index contributed by atoms with van der Waals surface area (Å²) >= 11 is 0. The van der Waals surface area contributed by atoms with Gasteiger partial charge in [-0.3, -0.25) is 10.1 Å². The first kappa shape index (κ1) is 14.0. The Morgan fingerprint density at radius 3 is 2.60 bits per heavy atom. The van der Waals surface area contributed by atoms with Gasteiger partial charge < -0.3 is 10.6 Å². The summed E-state index contributed by atoms with van der Waals surface area (Å²) in [6.07, 6.45) is 1.55. The molecule has 0 aliphatic carbocycles.